The fourth-order valence-corrected chi connectivity index (χ4v) is 4.47. The summed E-state index contributed by atoms with van der Waals surface area (Å²) in [6.45, 7) is 8.92. The summed E-state index contributed by atoms with van der Waals surface area (Å²) in [6, 6.07) is 15.0. The van der Waals surface area contributed by atoms with Gasteiger partial charge in [0.25, 0.3) is 0 Å². The number of benzene rings is 2. The number of anilines is 2. The minimum Gasteiger partial charge on any atom is -0.446 e. The van der Waals surface area contributed by atoms with Crippen molar-refractivity contribution >= 4 is 35.2 Å². The van der Waals surface area contributed by atoms with Crippen molar-refractivity contribution in [3.05, 3.63) is 59.1 Å². The van der Waals surface area contributed by atoms with Crippen LogP contribution in [0, 0.1) is 17.2 Å². The van der Waals surface area contributed by atoms with Crippen LogP contribution in [-0.4, -0.2) is 69.3 Å². The second-order valence-corrected chi connectivity index (χ2v) is 11.1. The molecule has 2 aromatic rings. The topological polar surface area (TPSA) is 137 Å². The molecule has 1 heterocycles. The lowest BCUT2D eigenvalue weighted by Gasteiger charge is -2.45. The summed E-state index contributed by atoms with van der Waals surface area (Å²) in [6.07, 6.45) is -3.51. The summed E-state index contributed by atoms with van der Waals surface area (Å²) < 4.78 is 36.4. The Morgan fingerprint density at radius 1 is 0.932 bits per heavy atom. The molecule has 11 nitrogen and oxygen atoms in total. The number of hydrogen-bond acceptors (Lipinski definition) is 9. The Balaban J connectivity index is 1.85. The van der Waals surface area contributed by atoms with E-state index >= 15 is 0 Å². The minimum atomic E-state index is -1.03. The second-order valence-electron chi connectivity index (χ2n) is 10.7. The number of carbonyl (C=O) groups excluding carboxylic acids is 2. The SMILES string of the molecule is CCCCO[C@H]1[C@H](OCC(C)C)O[C@H](COC(=O)Nc2cccc(C#N)c2)[C@@H](OC(=O)Nc2ccc(Cl)cc2)[C@@H]1OCCC. The van der Waals surface area contributed by atoms with E-state index in [4.69, 9.17) is 45.3 Å². The van der Waals surface area contributed by atoms with E-state index in [1.165, 1.54) is 6.07 Å². The number of nitriles is 1. The first-order valence-electron chi connectivity index (χ1n) is 14.9. The van der Waals surface area contributed by atoms with Crippen molar-refractivity contribution in [2.24, 2.45) is 5.92 Å². The first-order valence-corrected chi connectivity index (χ1v) is 15.3. The lowest BCUT2D eigenvalue weighted by atomic mass is 9.98. The fourth-order valence-electron chi connectivity index (χ4n) is 4.34. The summed E-state index contributed by atoms with van der Waals surface area (Å²) in [7, 11) is 0. The Morgan fingerprint density at radius 3 is 2.34 bits per heavy atom. The maximum Gasteiger partial charge on any atom is 0.412 e. The van der Waals surface area contributed by atoms with E-state index in [1.54, 1.807) is 42.5 Å². The van der Waals surface area contributed by atoms with E-state index in [0.29, 0.717) is 48.2 Å². The molecule has 0 radical (unpaired) electrons. The van der Waals surface area contributed by atoms with Crippen molar-refractivity contribution < 1.29 is 38.0 Å². The van der Waals surface area contributed by atoms with E-state index < -0.39 is 42.9 Å². The highest BCUT2D eigenvalue weighted by molar-refractivity contribution is 6.30. The van der Waals surface area contributed by atoms with Crippen LogP contribution in [0.25, 0.3) is 0 Å². The third-order valence-electron chi connectivity index (χ3n) is 6.46. The van der Waals surface area contributed by atoms with Gasteiger partial charge >= 0.3 is 12.2 Å². The fraction of sp³-hybridized carbons (Fsp3) is 0.531. The van der Waals surface area contributed by atoms with E-state index in [9.17, 15) is 9.59 Å². The highest BCUT2D eigenvalue weighted by Crippen LogP contribution is 2.31. The van der Waals surface area contributed by atoms with Crippen molar-refractivity contribution in [3.63, 3.8) is 0 Å². The van der Waals surface area contributed by atoms with Gasteiger partial charge in [0, 0.05) is 29.6 Å². The molecular weight excluding hydrogens is 590 g/mol. The van der Waals surface area contributed by atoms with Crippen LogP contribution in [0.15, 0.2) is 48.5 Å². The van der Waals surface area contributed by atoms with Crippen molar-refractivity contribution in [1.29, 1.82) is 5.26 Å². The number of ether oxygens (including phenoxy) is 6. The van der Waals surface area contributed by atoms with Crippen LogP contribution in [-0.2, 0) is 28.4 Å². The number of amides is 2. The highest BCUT2D eigenvalue weighted by Gasteiger charge is 2.50. The summed E-state index contributed by atoms with van der Waals surface area (Å²) >= 11 is 5.98. The molecule has 0 bridgehead atoms. The molecule has 3 rings (SSSR count). The third-order valence-corrected chi connectivity index (χ3v) is 6.71. The Bertz CT molecular complexity index is 1220. The van der Waals surface area contributed by atoms with Gasteiger partial charge in [0.05, 0.1) is 18.2 Å². The molecule has 5 atom stereocenters. The molecule has 12 heteroatoms. The van der Waals surface area contributed by atoms with E-state index in [2.05, 4.69) is 17.6 Å². The summed E-state index contributed by atoms with van der Waals surface area (Å²) in [5, 5.41) is 15.0. The molecule has 1 saturated heterocycles. The predicted molar refractivity (Wildman–Crippen MR) is 166 cm³/mol. The van der Waals surface area contributed by atoms with Gasteiger partial charge in [-0.1, -0.05) is 51.8 Å². The zero-order valence-electron chi connectivity index (χ0n) is 25.6. The van der Waals surface area contributed by atoms with E-state index in [0.717, 1.165) is 12.8 Å². The predicted octanol–water partition coefficient (Wildman–Crippen LogP) is 6.76. The van der Waals surface area contributed by atoms with E-state index in [1.807, 2.05) is 26.8 Å². The number of hydrogen-bond donors (Lipinski definition) is 2. The van der Waals surface area contributed by atoms with Gasteiger partial charge in [-0.25, -0.2) is 9.59 Å². The number of nitrogens with zero attached hydrogens (tertiary/aromatic N) is 1. The minimum absolute atomic E-state index is 0.202. The Hall–Kier alpha value is -3.40. The molecule has 0 spiro atoms. The second kappa shape index (κ2) is 18.4. The molecule has 0 aromatic heterocycles. The van der Waals surface area contributed by atoms with Gasteiger partial charge in [-0.2, -0.15) is 5.26 Å². The van der Waals surface area contributed by atoms with Crippen molar-refractivity contribution in [2.45, 2.75) is 77.7 Å². The van der Waals surface area contributed by atoms with Crippen molar-refractivity contribution in [3.8, 4) is 6.07 Å². The Labute approximate surface area is 264 Å². The molecule has 0 saturated carbocycles. The number of unbranched alkanes of at least 4 members (excludes halogenated alkanes) is 1. The van der Waals surface area contributed by atoms with Crippen LogP contribution in [0.5, 0.6) is 0 Å². The first-order chi connectivity index (χ1) is 21.2. The van der Waals surface area contributed by atoms with Gasteiger partial charge in [-0.15, -0.1) is 0 Å². The molecule has 0 aliphatic carbocycles. The molecule has 1 aliphatic heterocycles. The van der Waals surface area contributed by atoms with Crippen LogP contribution >= 0.6 is 11.6 Å². The van der Waals surface area contributed by atoms with Gasteiger partial charge in [0.1, 0.15) is 24.9 Å². The van der Waals surface area contributed by atoms with Crippen LogP contribution < -0.4 is 10.6 Å². The average molecular weight is 632 g/mol. The lowest BCUT2D eigenvalue weighted by molar-refractivity contribution is -0.316. The smallest absolute Gasteiger partial charge is 0.412 e. The number of halogens is 1. The normalized spacial score (nSPS) is 21.3. The number of rotatable bonds is 15. The maximum atomic E-state index is 13.1. The zero-order valence-corrected chi connectivity index (χ0v) is 26.4. The van der Waals surface area contributed by atoms with Crippen LogP contribution in [0.4, 0.5) is 21.0 Å². The summed E-state index contributed by atoms with van der Waals surface area (Å²) in [4.78, 5) is 25.9. The van der Waals surface area contributed by atoms with Gasteiger partial charge in [0.15, 0.2) is 12.4 Å². The monoisotopic (exact) mass is 631 g/mol. The largest absolute Gasteiger partial charge is 0.446 e. The lowest BCUT2D eigenvalue weighted by Crippen LogP contribution is -2.62. The van der Waals surface area contributed by atoms with Gasteiger partial charge in [-0.3, -0.25) is 10.6 Å². The van der Waals surface area contributed by atoms with Crippen LogP contribution in [0.1, 0.15) is 52.5 Å². The van der Waals surface area contributed by atoms with Crippen molar-refractivity contribution in [2.75, 3.05) is 37.1 Å². The van der Waals surface area contributed by atoms with Crippen LogP contribution in [0.3, 0.4) is 0 Å². The molecule has 1 fully saturated rings. The number of carbonyl (C=O) groups is 2. The van der Waals surface area contributed by atoms with Gasteiger partial charge in [-0.05, 0) is 61.2 Å². The summed E-state index contributed by atoms with van der Waals surface area (Å²) in [5.41, 5.74) is 1.25. The number of nitrogens with one attached hydrogen (secondary N) is 2. The molecule has 2 aromatic carbocycles. The Kier molecular flexibility index (Phi) is 14.7. The van der Waals surface area contributed by atoms with E-state index in [-0.39, 0.29) is 12.5 Å². The van der Waals surface area contributed by atoms with Gasteiger partial charge < -0.3 is 28.4 Å². The molecule has 1 aliphatic rings. The molecule has 240 valence electrons. The molecule has 44 heavy (non-hydrogen) atoms. The highest BCUT2D eigenvalue weighted by atomic mass is 35.5. The zero-order chi connectivity index (χ0) is 31.9. The summed E-state index contributed by atoms with van der Waals surface area (Å²) in [5.74, 6) is 0.202. The van der Waals surface area contributed by atoms with Gasteiger partial charge in [0.2, 0.25) is 0 Å². The quantitative estimate of drug-likeness (QED) is 0.204. The maximum absolute atomic E-state index is 13.1. The average Bonchev–Trinajstić information content (AvgIpc) is 3.00. The first kappa shape index (κ1) is 35.1. The Morgan fingerprint density at radius 2 is 1.66 bits per heavy atom. The molecule has 2 N–H and O–H groups in total. The third kappa shape index (κ3) is 11.3. The standard InChI is InChI=1S/C32H42ClN3O8/c1-5-7-16-40-29-28(39-15-6-2)27(44-32(38)35-24-13-11-23(33)12-14-24)26(43-30(29)41-19-21(3)4)20-42-31(37)36-25-10-8-9-22(17-25)18-34/h8-14,17,21,26-30H,5-7,15-16,19-20H2,1-4H3,(H,35,38)(H,36,37)/t26-,27-,28+,29-,30-/m1/s1. The molecular formula is C32H42ClN3O8. The molecule has 0 unspecified atom stereocenters. The molecule has 2 amide bonds. The van der Waals surface area contributed by atoms with Crippen molar-refractivity contribution in [1.82, 2.24) is 0 Å². The van der Waals surface area contributed by atoms with Crippen LogP contribution in [0.2, 0.25) is 5.02 Å².